The second-order valence-electron chi connectivity index (χ2n) is 3.65. The van der Waals surface area contributed by atoms with E-state index in [4.69, 9.17) is 5.11 Å². The lowest BCUT2D eigenvalue weighted by molar-refractivity contribution is 0.0696. The summed E-state index contributed by atoms with van der Waals surface area (Å²) in [5.41, 5.74) is 1.92. The maximum Gasteiger partial charge on any atom is 0.339 e. The molecular formula is C11H11N3O2. The van der Waals surface area contributed by atoms with E-state index in [0.717, 1.165) is 11.1 Å². The van der Waals surface area contributed by atoms with E-state index in [2.05, 4.69) is 10.1 Å². The summed E-state index contributed by atoms with van der Waals surface area (Å²) >= 11 is 0. The van der Waals surface area contributed by atoms with Crippen LogP contribution in [0, 0.1) is 13.8 Å². The molecule has 0 aliphatic rings. The van der Waals surface area contributed by atoms with Crippen molar-refractivity contribution in [3.8, 4) is 5.82 Å². The first-order chi connectivity index (χ1) is 7.58. The largest absolute Gasteiger partial charge is 0.478 e. The van der Waals surface area contributed by atoms with Crippen LogP contribution in [-0.4, -0.2) is 25.8 Å². The van der Waals surface area contributed by atoms with Crippen LogP contribution in [0.15, 0.2) is 24.7 Å². The highest BCUT2D eigenvalue weighted by Crippen LogP contribution is 2.13. The number of aromatic carboxylic acids is 1. The van der Waals surface area contributed by atoms with Crippen LogP contribution in [0.5, 0.6) is 0 Å². The molecule has 0 bridgehead atoms. The van der Waals surface area contributed by atoms with E-state index < -0.39 is 5.97 Å². The number of hydrogen-bond donors (Lipinski definition) is 1. The maximum absolute atomic E-state index is 11.1. The molecule has 0 unspecified atom stereocenters. The monoisotopic (exact) mass is 217 g/mol. The standard InChI is InChI=1S/C11H11N3O2/c1-7-3-9(11(15)16)10(12-4-7)14-6-8(2)5-13-14/h3-6H,1-2H3,(H,15,16). The summed E-state index contributed by atoms with van der Waals surface area (Å²) in [7, 11) is 0. The average Bonchev–Trinajstić information content (AvgIpc) is 2.64. The van der Waals surface area contributed by atoms with Gasteiger partial charge in [-0.3, -0.25) is 0 Å². The zero-order chi connectivity index (χ0) is 11.7. The molecule has 2 aromatic rings. The average molecular weight is 217 g/mol. The van der Waals surface area contributed by atoms with Crippen molar-refractivity contribution in [2.24, 2.45) is 0 Å². The van der Waals surface area contributed by atoms with Crippen LogP contribution in [0.4, 0.5) is 0 Å². The number of carboxylic acid groups (broad SMARTS) is 1. The van der Waals surface area contributed by atoms with E-state index in [-0.39, 0.29) is 5.56 Å². The topological polar surface area (TPSA) is 68.0 Å². The third-order valence-corrected chi connectivity index (χ3v) is 2.16. The molecule has 0 aliphatic carbocycles. The zero-order valence-corrected chi connectivity index (χ0v) is 9.01. The maximum atomic E-state index is 11.1. The lowest BCUT2D eigenvalue weighted by atomic mass is 10.2. The summed E-state index contributed by atoms with van der Waals surface area (Å²) in [6.45, 7) is 3.69. The molecule has 2 rings (SSSR count). The first-order valence-electron chi connectivity index (χ1n) is 4.79. The summed E-state index contributed by atoms with van der Waals surface area (Å²) in [5.74, 6) is -0.662. The van der Waals surface area contributed by atoms with Gasteiger partial charge in [-0.2, -0.15) is 5.10 Å². The quantitative estimate of drug-likeness (QED) is 0.829. The zero-order valence-electron chi connectivity index (χ0n) is 9.01. The van der Waals surface area contributed by atoms with E-state index in [0.29, 0.717) is 5.82 Å². The molecule has 0 spiro atoms. The fourth-order valence-corrected chi connectivity index (χ4v) is 1.43. The van der Waals surface area contributed by atoms with Crippen molar-refractivity contribution >= 4 is 5.97 Å². The molecule has 82 valence electrons. The van der Waals surface area contributed by atoms with Crippen LogP contribution >= 0.6 is 0 Å². The molecule has 0 atom stereocenters. The molecule has 0 aliphatic heterocycles. The van der Waals surface area contributed by atoms with E-state index in [1.807, 2.05) is 6.92 Å². The number of hydrogen-bond acceptors (Lipinski definition) is 3. The minimum Gasteiger partial charge on any atom is -0.478 e. The Balaban J connectivity index is 2.60. The van der Waals surface area contributed by atoms with Crippen molar-refractivity contribution in [2.45, 2.75) is 13.8 Å². The predicted molar refractivity (Wildman–Crippen MR) is 57.8 cm³/mol. The first kappa shape index (κ1) is 10.4. The van der Waals surface area contributed by atoms with Gasteiger partial charge in [-0.15, -0.1) is 0 Å². The number of carboxylic acids is 1. The van der Waals surface area contributed by atoms with Crippen LogP contribution in [0.2, 0.25) is 0 Å². The Bertz CT molecular complexity index is 546. The highest BCUT2D eigenvalue weighted by molar-refractivity contribution is 5.91. The van der Waals surface area contributed by atoms with Crippen molar-refractivity contribution in [1.82, 2.24) is 14.8 Å². The molecule has 0 saturated carbocycles. The Labute approximate surface area is 92.4 Å². The minimum atomic E-state index is -1.00. The van der Waals surface area contributed by atoms with Gasteiger partial charge in [-0.1, -0.05) is 0 Å². The van der Waals surface area contributed by atoms with E-state index >= 15 is 0 Å². The molecule has 0 amide bonds. The van der Waals surface area contributed by atoms with Gasteiger partial charge in [-0.05, 0) is 31.0 Å². The number of aryl methyl sites for hydroxylation is 2. The Hall–Kier alpha value is -2.17. The first-order valence-corrected chi connectivity index (χ1v) is 4.79. The van der Waals surface area contributed by atoms with Crippen LogP contribution < -0.4 is 0 Å². The van der Waals surface area contributed by atoms with Gasteiger partial charge in [0.1, 0.15) is 5.56 Å². The normalized spacial score (nSPS) is 10.4. The Morgan fingerprint density at radius 3 is 2.62 bits per heavy atom. The van der Waals surface area contributed by atoms with Crippen molar-refractivity contribution in [3.63, 3.8) is 0 Å². The molecule has 5 heteroatoms. The number of nitrogens with zero attached hydrogens (tertiary/aromatic N) is 3. The smallest absolute Gasteiger partial charge is 0.339 e. The van der Waals surface area contributed by atoms with Crippen molar-refractivity contribution < 1.29 is 9.90 Å². The second kappa shape index (κ2) is 3.77. The van der Waals surface area contributed by atoms with Gasteiger partial charge in [0, 0.05) is 12.4 Å². The summed E-state index contributed by atoms with van der Waals surface area (Å²) in [6, 6.07) is 1.58. The molecule has 16 heavy (non-hydrogen) atoms. The van der Waals surface area contributed by atoms with Gasteiger partial charge in [-0.25, -0.2) is 14.5 Å². The molecule has 1 N–H and O–H groups in total. The van der Waals surface area contributed by atoms with Gasteiger partial charge < -0.3 is 5.11 Å². The lowest BCUT2D eigenvalue weighted by Crippen LogP contribution is -2.08. The molecule has 5 nitrogen and oxygen atoms in total. The van der Waals surface area contributed by atoms with Crippen molar-refractivity contribution in [3.05, 3.63) is 41.3 Å². The highest BCUT2D eigenvalue weighted by atomic mass is 16.4. The van der Waals surface area contributed by atoms with E-state index in [9.17, 15) is 4.79 Å². The predicted octanol–water partition coefficient (Wildman–Crippen LogP) is 1.58. The van der Waals surface area contributed by atoms with Crippen LogP contribution in [0.3, 0.4) is 0 Å². The van der Waals surface area contributed by atoms with Crippen LogP contribution in [-0.2, 0) is 0 Å². The number of pyridine rings is 1. The Morgan fingerprint density at radius 2 is 2.06 bits per heavy atom. The number of carbonyl (C=O) groups is 1. The van der Waals surface area contributed by atoms with Gasteiger partial charge in [0.05, 0.1) is 6.20 Å². The molecule has 0 saturated heterocycles. The number of rotatable bonds is 2. The van der Waals surface area contributed by atoms with Gasteiger partial charge in [0.2, 0.25) is 0 Å². The third-order valence-electron chi connectivity index (χ3n) is 2.16. The molecule has 2 aromatic heterocycles. The summed E-state index contributed by atoms with van der Waals surface area (Å²) in [4.78, 5) is 15.2. The summed E-state index contributed by atoms with van der Waals surface area (Å²) in [5, 5.41) is 13.1. The van der Waals surface area contributed by atoms with E-state index in [1.165, 1.54) is 4.68 Å². The highest BCUT2D eigenvalue weighted by Gasteiger charge is 2.13. The van der Waals surface area contributed by atoms with Crippen molar-refractivity contribution in [1.29, 1.82) is 0 Å². The van der Waals surface area contributed by atoms with Gasteiger partial charge in [0.15, 0.2) is 5.82 Å². The van der Waals surface area contributed by atoms with E-state index in [1.54, 1.807) is 31.6 Å². The fourth-order valence-electron chi connectivity index (χ4n) is 1.43. The molecule has 0 radical (unpaired) electrons. The summed E-state index contributed by atoms with van der Waals surface area (Å²) < 4.78 is 1.47. The van der Waals surface area contributed by atoms with Gasteiger partial charge in [0.25, 0.3) is 0 Å². The fraction of sp³-hybridized carbons (Fsp3) is 0.182. The van der Waals surface area contributed by atoms with Crippen molar-refractivity contribution in [2.75, 3.05) is 0 Å². The molecule has 0 aromatic carbocycles. The SMILES string of the molecule is Cc1cnc(-n2cc(C)cn2)c(C(=O)O)c1. The Kier molecular flexibility index (Phi) is 2.44. The summed E-state index contributed by atoms with van der Waals surface area (Å²) in [6.07, 6.45) is 5.02. The molecular weight excluding hydrogens is 206 g/mol. The minimum absolute atomic E-state index is 0.156. The second-order valence-corrected chi connectivity index (χ2v) is 3.65. The lowest BCUT2D eigenvalue weighted by Gasteiger charge is -2.05. The van der Waals surface area contributed by atoms with Gasteiger partial charge >= 0.3 is 5.97 Å². The van der Waals surface area contributed by atoms with Crippen LogP contribution in [0.1, 0.15) is 21.5 Å². The Morgan fingerprint density at radius 1 is 1.31 bits per heavy atom. The molecule has 2 heterocycles. The third kappa shape index (κ3) is 1.79. The van der Waals surface area contributed by atoms with Crippen LogP contribution in [0.25, 0.3) is 5.82 Å². The number of aromatic nitrogens is 3. The molecule has 0 fully saturated rings.